The highest BCUT2D eigenvalue weighted by Gasteiger charge is 2.20. The zero-order valence-corrected chi connectivity index (χ0v) is 18.2. The van der Waals surface area contributed by atoms with Crippen LogP contribution in [0.3, 0.4) is 0 Å². The standard InChI is InChI=1S/C23H33FN6/c1-4-29(5-2)21-10-9-18(16-20(21)24)17-27-23(25-3)28-19-11-14-30(15-12-19)22-8-6-7-13-26-22/h6-10,13,16,19H,4-5,11-12,14-15,17H2,1-3H3,(H2,25,27,28). The molecule has 6 nitrogen and oxygen atoms in total. The smallest absolute Gasteiger partial charge is 0.191 e. The maximum atomic E-state index is 14.5. The van der Waals surface area contributed by atoms with Crippen molar-refractivity contribution in [1.82, 2.24) is 15.6 Å². The maximum Gasteiger partial charge on any atom is 0.191 e. The molecule has 2 N–H and O–H groups in total. The Morgan fingerprint density at radius 3 is 2.57 bits per heavy atom. The monoisotopic (exact) mass is 412 g/mol. The van der Waals surface area contributed by atoms with Crippen LogP contribution in [-0.4, -0.2) is 50.2 Å². The molecule has 0 bridgehead atoms. The van der Waals surface area contributed by atoms with Crippen LogP contribution in [0.15, 0.2) is 47.6 Å². The molecule has 1 fully saturated rings. The number of anilines is 2. The third-order valence-corrected chi connectivity index (χ3v) is 5.61. The Hall–Kier alpha value is -2.83. The van der Waals surface area contributed by atoms with Gasteiger partial charge in [0.05, 0.1) is 5.69 Å². The molecule has 0 unspecified atom stereocenters. The van der Waals surface area contributed by atoms with Gasteiger partial charge in [0.2, 0.25) is 0 Å². The number of aliphatic imine (C=N–C) groups is 1. The Kier molecular flexibility index (Phi) is 7.88. The van der Waals surface area contributed by atoms with Gasteiger partial charge in [0, 0.05) is 52.0 Å². The molecule has 0 amide bonds. The fourth-order valence-electron chi connectivity index (χ4n) is 3.85. The van der Waals surface area contributed by atoms with E-state index >= 15 is 0 Å². The molecule has 0 spiro atoms. The van der Waals surface area contributed by atoms with E-state index in [0.29, 0.717) is 18.3 Å². The van der Waals surface area contributed by atoms with Crippen LogP contribution in [0.2, 0.25) is 0 Å². The van der Waals surface area contributed by atoms with Crippen LogP contribution in [-0.2, 0) is 6.54 Å². The van der Waals surface area contributed by atoms with Gasteiger partial charge in [-0.2, -0.15) is 0 Å². The number of benzene rings is 1. The predicted octanol–water partition coefficient (Wildman–Crippen LogP) is 3.40. The van der Waals surface area contributed by atoms with E-state index in [0.717, 1.165) is 56.4 Å². The lowest BCUT2D eigenvalue weighted by atomic mass is 10.1. The third-order valence-electron chi connectivity index (χ3n) is 5.61. The Labute approximate surface area is 179 Å². The van der Waals surface area contributed by atoms with Crippen molar-refractivity contribution in [3.63, 3.8) is 0 Å². The molecule has 1 aromatic carbocycles. The number of rotatable bonds is 7. The number of halogens is 1. The van der Waals surface area contributed by atoms with Crippen LogP contribution in [0.4, 0.5) is 15.9 Å². The van der Waals surface area contributed by atoms with Gasteiger partial charge in [-0.05, 0) is 56.5 Å². The highest BCUT2D eigenvalue weighted by Crippen LogP contribution is 2.20. The molecular weight excluding hydrogens is 379 g/mol. The first kappa shape index (κ1) is 21.9. The summed E-state index contributed by atoms with van der Waals surface area (Å²) in [7, 11) is 1.77. The molecule has 162 valence electrons. The average Bonchev–Trinajstić information content (AvgIpc) is 2.79. The third kappa shape index (κ3) is 5.62. The molecule has 1 saturated heterocycles. The summed E-state index contributed by atoms with van der Waals surface area (Å²) in [6, 6.07) is 11.8. The lowest BCUT2D eigenvalue weighted by Gasteiger charge is -2.33. The molecule has 30 heavy (non-hydrogen) atoms. The second-order valence-electron chi connectivity index (χ2n) is 7.48. The highest BCUT2D eigenvalue weighted by molar-refractivity contribution is 5.80. The molecule has 1 aromatic heterocycles. The Morgan fingerprint density at radius 2 is 1.97 bits per heavy atom. The van der Waals surface area contributed by atoms with Crippen molar-refractivity contribution in [2.45, 2.75) is 39.3 Å². The lowest BCUT2D eigenvalue weighted by molar-refractivity contribution is 0.459. The van der Waals surface area contributed by atoms with E-state index in [1.165, 1.54) is 0 Å². The van der Waals surface area contributed by atoms with Crippen molar-refractivity contribution in [2.75, 3.05) is 43.0 Å². The van der Waals surface area contributed by atoms with Crippen molar-refractivity contribution >= 4 is 17.5 Å². The minimum atomic E-state index is -0.178. The number of pyridine rings is 1. The van der Waals surface area contributed by atoms with E-state index in [9.17, 15) is 4.39 Å². The minimum Gasteiger partial charge on any atom is -0.370 e. The summed E-state index contributed by atoms with van der Waals surface area (Å²) in [5.74, 6) is 1.61. The highest BCUT2D eigenvalue weighted by atomic mass is 19.1. The van der Waals surface area contributed by atoms with Crippen molar-refractivity contribution in [1.29, 1.82) is 0 Å². The van der Waals surface area contributed by atoms with Crippen LogP contribution in [0, 0.1) is 5.82 Å². The Morgan fingerprint density at radius 1 is 1.20 bits per heavy atom. The largest absolute Gasteiger partial charge is 0.370 e. The summed E-state index contributed by atoms with van der Waals surface area (Å²) < 4.78 is 14.5. The minimum absolute atomic E-state index is 0.178. The molecule has 0 radical (unpaired) electrons. The van der Waals surface area contributed by atoms with Crippen LogP contribution in [0.5, 0.6) is 0 Å². The van der Waals surface area contributed by atoms with Crippen molar-refractivity contribution < 1.29 is 4.39 Å². The van der Waals surface area contributed by atoms with Crippen molar-refractivity contribution in [3.8, 4) is 0 Å². The van der Waals surface area contributed by atoms with E-state index < -0.39 is 0 Å². The second kappa shape index (κ2) is 10.8. The SMILES string of the molecule is CCN(CC)c1ccc(CNC(=NC)NC2CCN(c3ccccn3)CC2)cc1F. The zero-order valence-electron chi connectivity index (χ0n) is 18.2. The van der Waals surface area contributed by atoms with Gasteiger partial charge < -0.3 is 20.4 Å². The number of hydrogen-bond donors (Lipinski definition) is 2. The van der Waals surface area contributed by atoms with Gasteiger partial charge in [0.1, 0.15) is 11.6 Å². The molecule has 2 heterocycles. The van der Waals surface area contributed by atoms with Crippen LogP contribution in [0.25, 0.3) is 0 Å². The summed E-state index contributed by atoms with van der Waals surface area (Å²) in [4.78, 5) is 13.1. The molecular formula is C23H33FN6. The van der Waals surface area contributed by atoms with Crippen LogP contribution in [0.1, 0.15) is 32.3 Å². The molecule has 0 atom stereocenters. The molecule has 2 aromatic rings. The Bertz CT molecular complexity index is 814. The van der Waals surface area contributed by atoms with Gasteiger partial charge in [-0.3, -0.25) is 4.99 Å². The molecule has 3 rings (SSSR count). The van der Waals surface area contributed by atoms with Gasteiger partial charge in [0.25, 0.3) is 0 Å². The van der Waals surface area contributed by atoms with Gasteiger partial charge in [-0.15, -0.1) is 0 Å². The quantitative estimate of drug-likeness (QED) is 0.539. The fourth-order valence-corrected chi connectivity index (χ4v) is 3.85. The molecule has 7 heteroatoms. The normalized spacial score (nSPS) is 15.2. The van der Waals surface area contributed by atoms with Crippen molar-refractivity contribution in [3.05, 3.63) is 54.0 Å². The number of hydrogen-bond acceptors (Lipinski definition) is 4. The number of nitrogens with zero attached hydrogens (tertiary/aromatic N) is 4. The fraction of sp³-hybridized carbons (Fsp3) is 0.478. The molecule has 0 saturated carbocycles. The van der Waals surface area contributed by atoms with Crippen LogP contribution >= 0.6 is 0 Å². The summed E-state index contributed by atoms with van der Waals surface area (Å²) in [5.41, 5.74) is 1.56. The van der Waals surface area contributed by atoms with E-state index in [1.54, 1.807) is 13.1 Å². The predicted molar refractivity (Wildman–Crippen MR) is 123 cm³/mol. The number of piperidine rings is 1. The number of nitrogens with one attached hydrogen (secondary N) is 2. The van der Waals surface area contributed by atoms with E-state index in [-0.39, 0.29) is 5.82 Å². The van der Waals surface area contributed by atoms with Gasteiger partial charge >= 0.3 is 0 Å². The summed E-state index contributed by atoms with van der Waals surface area (Å²) >= 11 is 0. The molecule has 0 aliphatic carbocycles. The first-order valence-electron chi connectivity index (χ1n) is 10.8. The summed E-state index contributed by atoms with van der Waals surface area (Å²) in [6.07, 6.45) is 3.87. The first-order valence-corrected chi connectivity index (χ1v) is 10.8. The van der Waals surface area contributed by atoms with E-state index in [1.807, 2.05) is 49.2 Å². The number of guanidine groups is 1. The first-order chi connectivity index (χ1) is 14.6. The Balaban J connectivity index is 1.49. The molecule has 1 aliphatic heterocycles. The lowest BCUT2D eigenvalue weighted by Crippen LogP contribution is -2.48. The van der Waals surface area contributed by atoms with E-state index in [4.69, 9.17) is 0 Å². The number of aromatic nitrogens is 1. The topological polar surface area (TPSA) is 55.8 Å². The zero-order chi connectivity index (χ0) is 21.3. The van der Waals surface area contributed by atoms with Gasteiger partial charge in [0.15, 0.2) is 5.96 Å². The molecule has 1 aliphatic rings. The summed E-state index contributed by atoms with van der Waals surface area (Å²) in [6.45, 7) is 8.11. The van der Waals surface area contributed by atoms with Gasteiger partial charge in [-0.25, -0.2) is 9.37 Å². The average molecular weight is 413 g/mol. The van der Waals surface area contributed by atoms with Crippen molar-refractivity contribution in [2.24, 2.45) is 4.99 Å². The van der Waals surface area contributed by atoms with E-state index in [2.05, 4.69) is 31.6 Å². The summed E-state index contributed by atoms with van der Waals surface area (Å²) in [5, 5.41) is 6.81. The van der Waals surface area contributed by atoms with Gasteiger partial charge in [-0.1, -0.05) is 12.1 Å². The van der Waals surface area contributed by atoms with Crippen LogP contribution < -0.4 is 20.4 Å². The maximum absolute atomic E-state index is 14.5. The second-order valence-corrected chi connectivity index (χ2v) is 7.48.